The van der Waals surface area contributed by atoms with Crippen LogP contribution in [0.5, 0.6) is 5.75 Å². The summed E-state index contributed by atoms with van der Waals surface area (Å²) in [4.78, 5) is 17.3. The summed E-state index contributed by atoms with van der Waals surface area (Å²) >= 11 is 0. The van der Waals surface area contributed by atoms with E-state index < -0.39 is 0 Å². The first-order chi connectivity index (χ1) is 12.6. The standard InChI is InChI=1S/C19H17N5O2/c1-23-11-15(10-21-23)24-12-20-18-7-6-14(9-17(18)19(24)25)22-13-4-3-5-16(8-13)26-2/h3-12,22H,1-2H3. The molecule has 0 unspecified atom stereocenters. The van der Waals surface area contributed by atoms with E-state index in [2.05, 4.69) is 15.4 Å². The van der Waals surface area contributed by atoms with Crippen LogP contribution in [0, 0.1) is 0 Å². The van der Waals surface area contributed by atoms with Crippen molar-refractivity contribution in [3.8, 4) is 11.4 Å². The molecule has 1 N–H and O–H groups in total. The lowest BCUT2D eigenvalue weighted by molar-refractivity contribution is 0.415. The molecule has 130 valence electrons. The monoisotopic (exact) mass is 347 g/mol. The second-order valence-electron chi connectivity index (χ2n) is 5.88. The average molecular weight is 347 g/mol. The average Bonchev–Trinajstić information content (AvgIpc) is 3.09. The number of methoxy groups -OCH3 is 1. The molecule has 4 rings (SSSR count). The number of aryl methyl sites for hydroxylation is 1. The van der Waals surface area contributed by atoms with Gasteiger partial charge in [0.2, 0.25) is 0 Å². The Morgan fingerprint density at radius 3 is 2.73 bits per heavy atom. The smallest absolute Gasteiger partial charge is 0.265 e. The number of nitrogens with zero attached hydrogens (tertiary/aromatic N) is 4. The van der Waals surface area contributed by atoms with Gasteiger partial charge in [-0.05, 0) is 30.3 Å². The van der Waals surface area contributed by atoms with E-state index >= 15 is 0 Å². The Kier molecular flexibility index (Phi) is 3.89. The van der Waals surface area contributed by atoms with E-state index in [0.717, 1.165) is 17.1 Å². The van der Waals surface area contributed by atoms with Crippen LogP contribution >= 0.6 is 0 Å². The van der Waals surface area contributed by atoms with Crippen molar-refractivity contribution in [1.29, 1.82) is 0 Å². The highest BCUT2D eigenvalue weighted by molar-refractivity contribution is 5.82. The highest BCUT2D eigenvalue weighted by atomic mass is 16.5. The molecule has 26 heavy (non-hydrogen) atoms. The van der Waals surface area contributed by atoms with Crippen LogP contribution in [0.15, 0.2) is 66.0 Å². The Balaban J connectivity index is 1.76. The van der Waals surface area contributed by atoms with Crippen LogP contribution in [0.1, 0.15) is 0 Å². The van der Waals surface area contributed by atoms with Crippen LogP contribution in [-0.2, 0) is 7.05 Å². The zero-order valence-electron chi connectivity index (χ0n) is 14.4. The van der Waals surface area contributed by atoms with Crippen molar-refractivity contribution in [2.24, 2.45) is 7.05 Å². The lowest BCUT2D eigenvalue weighted by Gasteiger charge is -2.09. The molecular weight excluding hydrogens is 330 g/mol. The zero-order chi connectivity index (χ0) is 18.1. The molecule has 0 radical (unpaired) electrons. The molecule has 7 heteroatoms. The van der Waals surface area contributed by atoms with Gasteiger partial charge in [0.25, 0.3) is 5.56 Å². The van der Waals surface area contributed by atoms with Gasteiger partial charge >= 0.3 is 0 Å². The number of anilines is 2. The fraction of sp³-hybridized carbons (Fsp3) is 0.105. The van der Waals surface area contributed by atoms with E-state index in [1.807, 2.05) is 36.4 Å². The van der Waals surface area contributed by atoms with Gasteiger partial charge in [0.05, 0.1) is 29.9 Å². The summed E-state index contributed by atoms with van der Waals surface area (Å²) in [6.07, 6.45) is 4.93. The molecule has 0 amide bonds. The van der Waals surface area contributed by atoms with E-state index in [4.69, 9.17) is 4.74 Å². The third kappa shape index (κ3) is 2.90. The molecule has 7 nitrogen and oxygen atoms in total. The summed E-state index contributed by atoms with van der Waals surface area (Å²) in [6.45, 7) is 0. The van der Waals surface area contributed by atoms with E-state index in [9.17, 15) is 4.79 Å². The lowest BCUT2D eigenvalue weighted by atomic mass is 10.2. The van der Waals surface area contributed by atoms with Crippen molar-refractivity contribution in [3.63, 3.8) is 0 Å². The Labute approximate surface area is 149 Å². The molecule has 2 aromatic carbocycles. The maximum absolute atomic E-state index is 12.9. The number of aromatic nitrogens is 4. The summed E-state index contributed by atoms with van der Waals surface area (Å²) in [5.74, 6) is 0.761. The lowest BCUT2D eigenvalue weighted by Crippen LogP contribution is -2.18. The molecule has 2 aromatic heterocycles. The van der Waals surface area contributed by atoms with Crippen molar-refractivity contribution < 1.29 is 4.74 Å². The fourth-order valence-electron chi connectivity index (χ4n) is 2.78. The summed E-state index contributed by atoms with van der Waals surface area (Å²) in [7, 11) is 3.43. The number of hydrogen-bond acceptors (Lipinski definition) is 5. The molecular formula is C19H17N5O2. The SMILES string of the molecule is COc1cccc(Nc2ccc3ncn(-c4cnn(C)c4)c(=O)c3c2)c1. The van der Waals surface area contributed by atoms with Crippen molar-refractivity contribution in [3.05, 3.63) is 71.5 Å². The predicted octanol–water partition coefficient (Wildman–Crippen LogP) is 2.87. The topological polar surface area (TPSA) is 74.0 Å². The summed E-state index contributed by atoms with van der Waals surface area (Å²) in [5, 5.41) is 7.93. The van der Waals surface area contributed by atoms with E-state index in [1.165, 1.54) is 10.9 Å². The normalized spacial score (nSPS) is 10.8. The second-order valence-corrected chi connectivity index (χ2v) is 5.88. The van der Waals surface area contributed by atoms with Crippen LogP contribution in [0.4, 0.5) is 11.4 Å². The van der Waals surface area contributed by atoms with Crippen LogP contribution in [-0.4, -0.2) is 26.4 Å². The maximum Gasteiger partial charge on any atom is 0.265 e. The molecule has 0 spiro atoms. The van der Waals surface area contributed by atoms with E-state index in [0.29, 0.717) is 16.6 Å². The number of rotatable bonds is 4. The van der Waals surface area contributed by atoms with E-state index in [-0.39, 0.29) is 5.56 Å². The molecule has 2 heterocycles. The molecule has 0 aliphatic heterocycles. The zero-order valence-corrected chi connectivity index (χ0v) is 14.4. The molecule has 0 atom stereocenters. The first-order valence-corrected chi connectivity index (χ1v) is 8.05. The highest BCUT2D eigenvalue weighted by Gasteiger charge is 2.08. The van der Waals surface area contributed by atoms with Crippen molar-refractivity contribution in [2.75, 3.05) is 12.4 Å². The van der Waals surface area contributed by atoms with Gasteiger partial charge in [0, 0.05) is 30.7 Å². The molecule has 0 saturated carbocycles. The predicted molar refractivity (Wildman–Crippen MR) is 100 cm³/mol. The van der Waals surface area contributed by atoms with Crippen molar-refractivity contribution in [2.45, 2.75) is 0 Å². The van der Waals surface area contributed by atoms with Gasteiger partial charge in [-0.3, -0.25) is 14.0 Å². The Bertz CT molecular complexity index is 1150. The van der Waals surface area contributed by atoms with E-state index in [1.54, 1.807) is 37.3 Å². The minimum Gasteiger partial charge on any atom is -0.497 e. The minimum absolute atomic E-state index is 0.141. The molecule has 0 aliphatic carbocycles. The summed E-state index contributed by atoms with van der Waals surface area (Å²) < 4.78 is 8.37. The summed E-state index contributed by atoms with van der Waals surface area (Å²) in [5.41, 5.74) is 2.86. The van der Waals surface area contributed by atoms with Crippen molar-refractivity contribution >= 4 is 22.3 Å². The van der Waals surface area contributed by atoms with Gasteiger partial charge < -0.3 is 10.1 Å². The maximum atomic E-state index is 12.9. The van der Waals surface area contributed by atoms with Crippen LogP contribution < -0.4 is 15.6 Å². The molecule has 0 bridgehead atoms. The van der Waals surface area contributed by atoms with Gasteiger partial charge in [-0.15, -0.1) is 0 Å². The third-order valence-electron chi connectivity index (χ3n) is 4.09. The van der Waals surface area contributed by atoms with Gasteiger partial charge in [0.15, 0.2) is 0 Å². The van der Waals surface area contributed by atoms with Crippen LogP contribution in [0.2, 0.25) is 0 Å². The number of nitrogens with one attached hydrogen (secondary N) is 1. The fourth-order valence-corrected chi connectivity index (χ4v) is 2.78. The van der Waals surface area contributed by atoms with Gasteiger partial charge in [-0.25, -0.2) is 4.98 Å². The Hall–Kier alpha value is -3.61. The van der Waals surface area contributed by atoms with Crippen LogP contribution in [0.3, 0.4) is 0 Å². The quantitative estimate of drug-likeness (QED) is 0.614. The second kappa shape index (κ2) is 6.36. The summed E-state index contributed by atoms with van der Waals surface area (Å²) in [6, 6.07) is 13.1. The molecule has 0 aliphatic rings. The minimum atomic E-state index is -0.141. The largest absolute Gasteiger partial charge is 0.497 e. The van der Waals surface area contributed by atoms with Gasteiger partial charge in [-0.1, -0.05) is 6.07 Å². The number of ether oxygens (including phenoxy) is 1. The Morgan fingerprint density at radius 1 is 1.12 bits per heavy atom. The molecule has 0 saturated heterocycles. The number of benzene rings is 2. The Morgan fingerprint density at radius 2 is 1.96 bits per heavy atom. The van der Waals surface area contributed by atoms with Gasteiger partial charge in [-0.2, -0.15) is 5.10 Å². The van der Waals surface area contributed by atoms with Crippen molar-refractivity contribution in [1.82, 2.24) is 19.3 Å². The first kappa shape index (κ1) is 15.9. The van der Waals surface area contributed by atoms with Crippen LogP contribution in [0.25, 0.3) is 16.6 Å². The highest BCUT2D eigenvalue weighted by Crippen LogP contribution is 2.23. The first-order valence-electron chi connectivity index (χ1n) is 8.05. The third-order valence-corrected chi connectivity index (χ3v) is 4.09. The number of hydrogen-bond donors (Lipinski definition) is 1. The molecule has 4 aromatic rings. The molecule has 0 fully saturated rings. The number of fused-ring (bicyclic) bond motifs is 1. The van der Waals surface area contributed by atoms with Gasteiger partial charge in [0.1, 0.15) is 12.1 Å².